The van der Waals surface area contributed by atoms with Gasteiger partial charge in [0, 0.05) is 22.7 Å². The van der Waals surface area contributed by atoms with E-state index in [4.69, 9.17) is 16.3 Å². The summed E-state index contributed by atoms with van der Waals surface area (Å²) in [5.74, 6) is 0.154. The highest BCUT2D eigenvalue weighted by Crippen LogP contribution is 2.33. The summed E-state index contributed by atoms with van der Waals surface area (Å²) in [5, 5.41) is 3.88. The van der Waals surface area contributed by atoms with Crippen molar-refractivity contribution in [1.82, 2.24) is 15.2 Å². The molecule has 7 heteroatoms. The number of amides is 1. The maximum absolute atomic E-state index is 15.0. The van der Waals surface area contributed by atoms with E-state index in [1.807, 2.05) is 42.5 Å². The Labute approximate surface area is 198 Å². The van der Waals surface area contributed by atoms with Crippen molar-refractivity contribution < 1.29 is 13.9 Å². The van der Waals surface area contributed by atoms with Gasteiger partial charge in [-0.25, -0.2) is 4.39 Å². The number of aromatic nitrogens is 1. The Kier molecular flexibility index (Phi) is 7.92. The van der Waals surface area contributed by atoms with Gasteiger partial charge in [-0.05, 0) is 61.8 Å². The van der Waals surface area contributed by atoms with Crippen LogP contribution < -0.4 is 10.1 Å². The number of rotatable bonds is 8. The van der Waals surface area contributed by atoms with Crippen molar-refractivity contribution in [1.29, 1.82) is 0 Å². The van der Waals surface area contributed by atoms with Crippen molar-refractivity contribution in [2.75, 3.05) is 26.2 Å². The van der Waals surface area contributed by atoms with Gasteiger partial charge in [0.05, 0.1) is 18.8 Å². The number of hydrogen-bond acceptors (Lipinski definition) is 4. The van der Waals surface area contributed by atoms with Crippen LogP contribution in [0.15, 0.2) is 73.1 Å². The molecule has 1 atom stereocenters. The zero-order valence-electron chi connectivity index (χ0n) is 18.3. The first-order valence-electron chi connectivity index (χ1n) is 11.2. The van der Waals surface area contributed by atoms with Crippen molar-refractivity contribution in [3.63, 3.8) is 0 Å². The van der Waals surface area contributed by atoms with E-state index in [1.165, 1.54) is 6.20 Å². The van der Waals surface area contributed by atoms with Gasteiger partial charge in [0.25, 0.3) is 0 Å². The number of halogens is 2. The summed E-state index contributed by atoms with van der Waals surface area (Å²) >= 11 is 6.12. The fourth-order valence-corrected chi connectivity index (χ4v) is 4.35. The number of para-hydroxylation sites is 1. The smallest absolute Gasteiger partial charge is 0.226 e. The Balaban J connectivity index is 1.68. The first-order valence-corrected chi connectivity index (χ1v) is 11.5. The molecule has 1 aliphatic rings. The topological polar surface area (TPSA) is 54.5 Å². The van der Waals surface area contributed by atoms with Crippen molar-refractivity contribution >= 4 is 17.5 Å². The largest absolute Gasteiger partial charge is 0.492 e. The number of nitrogens with zero attached hydrogens (tertiary/aromatic N) is 2. The predicted octanol–water partition coefficient (Wildman–Crippen LogP) is 4.87. The van der Waals surface area contributed by atoms with Gasteiger partial charge in [-0.2, -0.15) is 0 Å². The number of pyridine rings is 1. The lowest BCUT2D eigenvalue weighted by molar-refractivity contribution is -0.138. The van der Waals surface area contributed by atoms with Gasteiger partial charge in [-0.15, -0.1) is 0 Å². The standard InChI is InChI=1S/C26H27ClFN3O2/c27-21-8-6-19(7-9-21)25(23-12-15-30-18-24(23)28)31(26(32)20-10-13-29-14-11-20)16-17-33-22-4-2-1-3-5-22/h1-9,12,15,18,20,25,29H,10-11,13-14,16-17H2/t25-/m1/s1. The zero-order chi connectivity index (χ0) is 23.0. The quantitative estimate of drug-likeness (QED) is 0.513. The SMILES string of the molecule is O=C(C1CCNCC1)N(CCOc1ccccc1)[C@H](c1ccc(Cl)cc1)c1ccncc1F. The molecule has 0 aliphatic carbocycles. The number of hydrogen-bond donors (Lipinski definition) is 1. The second-order valence-corrected chi connectivity index (χ2v) is 8.51. The molecule has 1 N–H and O–H groups in total. The summed E-state index contributed by atoms with van der Waals surface area (Å²) in [6, 6.07) is 17.7. The van der Waals surface area contributed by atoms with Crippen LogP contribution in [0.5, 0.6) is 5.75 Å². The molecule has 33 heavy (non-hydrogen) atoms. The Bertz CT molecular complexity index is 1040. The summed E-state index contributed by atoms with van der Waals surface area (Å²) in [4.78, 5) is 19.4. The minimum absolute atomic E-state index is 0.00400. The number of carbonyl (C=O) groups is 1. The van der Waals surface area contributed by atoms with Crippen LogP contribution in [0, 0.1) is 11.7 Å². The normalized spacial score (nSPS) is 15.1. The highest BCUT2D eigenvalue weighted by atomic mass is 35.5. The van der Waals surface area contributed by atoms with Crippen LogP contribution in [-0.2, 0) is 4.79 Å². The van der Waals surface area contributed by atoms with Crippen molar-refractivity contribution in [3.05, 3.63) is 95.0 Å². The predicted molar refractivity (Wildman–Crippen MR) is 127 cm³/mol. The fourth-order valence-electron chi connectivity index (χ4n) is 4.23. The summed E-state index contributed by atoms with van der Waals surface area (Å²) in [7, 11) is 0. The number of nitrogens with one attached hydrogen (secondary N) is 1. The van der Waals surface area contributed by atoms with E-state index in [-0.39, 0.29) is 18.4 Å². The van der Waals surface area contributed by atoms with Crippen LogP contribution in [0.25, 0.3) is 0 Å². The molecule has 1 aliphatic heterocycles. The van der Waals surface area contributed by atoms with Crippen LogP contribution >= 0.6 is 11.6 Å². The molecule has 0 spiro atoms. The molecular weight excluding hydrogens is 441 g/mol. The molecule has 0 bridgehead atoms. The summed E-state index contributed by atoms with van der Waals surface area (Å²) in [6.45, 7) is 2.18. The molecule has 0 unspecified atom stereocenters. The maximum Gasteiger partial charge on any atom is 0.226 e. The molecule has 2 aromatic carbocycles. The minimum Gasteiger partial charge on any atom is -0.492 e. The lowest BCUT2D eigenvalue weighted by atomic mass is 9.92. The molecule has 1 fully saturated rings. The Morgan fingerprint density at radius 1 is 1.12 bits per heavy atom. The third-order valence-corrected chi connectivity index (χ3v) is 6.16. The lowest BCUT2D eigenvalue weighted by Gasteiger charge is -2.36. The molecule has 5 nitrogen and oxygen atoms in total. The molecular formula is C26H27ClFN3O2. The number of ether oxygens (including phenoxy) is 1. The van der Waals surface area contributed by atoms with Gasteiger partial charge in [0.2, 0.25) is 5.91 Å². The lowest BCUT2D eigenvalue weighted by Crippen LogP contribution is -2.45. The summed E-state index contributed by atoms with van der Waals surface area (Å²) in [5.41, 5.74) is 1.18. The molecule has 0 saturated carbocycles. The van der Waals surface area contributed by atoms with Gasteiger partial charge >= 0.3 is 0 Å². The summed E-state index contributed by atoms with van der Waals surface area (Å²) in [6.07, 6.45) is 4.24. The van der Waals surface area contributed by atoms with E-state index in [0.29, 0.717) is 17.1 Å². The Hall–Kier alpha value is -2.96. The van der Waals surface area contributed by atoms with Gasteiger partial charge in [-0.1, -0.05) is 41.9 Å². The van der Waals surface area contributed by atoms with E-state index in [1.54, 1.807) is 29.3 Å². The summed E-state index contributed by atoms with van der Waals surface area (Å²) < 4.78 is 20.9. The van der Waals surface area contributed by atoms with Crippen molar-refractivity contribution in [2.24, 2.45) is 5.92 Å². The molecule has 1 aromatic heterocycles. The van der Waals surface area contributed by atoms with Gasteiger partial charge in [0.1, 0.15) is 18.2 Å². The molecule has 172 valence electrons. The van der Waals surface area contributed by atoms with Crippen LogP contribution in [-0.4, -0.2) is 42.0 Å². The Morgan fingerprint density at radius 3 is 2.55 bits per heavy atom. The average molecular weight is 468 g/mol. The minimum atomic E-state index is -0.618. The van der Waals surface area contributed by atoms with Crippen LogP contribution in [0.4, 0.5) is 4.39 Å². The van der Waals surface area contributed by atoms with Crippen LogP contribution in [0.1, 0.15) is 30.0 Å². The number of carbonyl (C=O) groups excluding carboxylic acids is 1. The first kappa shape index (κ1) is 23.2. The van der Waals surface area contributed by atoms with E-state index >= 15 is 0 Å². The highest BCUT2D eigenvalue weighted by Gasteiger charge is 2.33. The first-order chi connectivity index (χ1) is 16.1. The van der Waals surface area contributed by atoms with Crippen molar-refractivity contribution in [2.45, 2.75) is 18.9 Å². The van der Waals surface area contributed by atoms with E-state index in [9.17, 15) is 9.18 Å². The van der Waals surface area contributed by atoms with Crippen LogP contribution in [0.3, 0.4) is 0 Å². The van der Waals surface area contributed by atoms with Crippen molar-refractivity contribution in [3.8, 4) is 5.75 Å². The Morgan fingerprint density at radius 2 is 1.85 bits per heavy atom. The van der Waals surface area contributed by atoms with E-state index in [0.717, 1.165) is 37.2 Å². The molecule has 4 rings (SSSR count). The molecule has 2 heterocycles. The van der Waals surface area contributed by atoms with E-state index in [2.05, 4.69) is 10.3 Å². The molecule has 1 saturated heterocycles. The van der Waals surface area contributed by atoms with Gasteiger partial charge in [-0.3, -0.25) is 9.78 Å². The highest BCUT2D eigenvalue weighted by molar-refractivity contribution is 6.30. The average Bonchev–Trinajstić information content (AvgIpc) is 2.86. The molecule has 3 aromatic rings. The monoisotopic (exact) mass is 467 g/mol. The van der Waals surface area contributed by atoms with E-state index < -0.39 is 11.9 Å². The third-order valence-electron chi connectivity index (χ3n) is 5.91. The van der Waals surface area contributed by atoms with Gasteiger partial charge < -0.3 is 15.0 Å². The van der Waals surface area contributed by atoms with Gasteiger partial charge in [0.15, 0.2) is 0 Å². The zero-order valence-corrected chi connectivity index (χ0v) is 19.0. The van der Waals surface area contributed by atoms with Crippen LogP contribution in [0.2, 0.25) is 5.02 Å². The number of piperidine rings is 1. The molecule has 0 radical (unpaired) electrons. The maximum atomic E-state index is 15.0. The third kappa shape index (κ3) is 5.89. The molecule has 1 amide bonds. The fraction of sp³-hybridized carbons (Fsp3) is 0.308. The number of benzene rings is 2. The second-order valence-electron chi connectivity index (χ2n) is 8.07. The second kappa shape index (κ2) is 11.3.